The average molecular weight is 398 g/mol. The van der Waals surface area contributed by atoms with Gasteiger partial charge in [-0.25, -0.2) is 0 Å². The van der Waals surface area contributed by atoms with Gasteiger partial charge in [0, 0.05) is 45.2 Å². The SMILES string of the molecule is CCNC(=NCC(CC)N1CCc2ccccc2C1)NCCn1cnnc1CC. The number of hydrogen-bond acceptors (Lipinski definition) is 4. The number of aliphatic imine (C=N–C) groups is 1. The van der Waals surface area contributed by atoms with Gasteiger partial charge in [0.25, 0.3) is 0 Å². The van der Waals surface area contributed by atoms with Gasteiger partial charge in [-0.3, -0.25) is 9.89 Å². The van der Waals surface area contributed by atoms with E-state index in [9.17, 15) is 0 Å². The fourth-order valence-corrected chi connectivity index (χ4v) is 3.90. The molecule has 1 aliphatic rings. The standard InChI is InChI=1S/C22H35N7/c1-4-20(28-13-11-18-9-7-8-10-19(18)16-28)15-25-22(23-6-3)24-12-14-29-17-26-27-21(29)5-2/h7-10,17,20H,4-6,11-16H2,1-3H3,(H2,23,24,25). The van der Waals surface area contributed by atoms with E-state index in [-0.39, 0.29) is 0 Å². The van der Waals surface area contributed by atoms with Crippen LogP contribution in [0, 0.1) is 0 Å². The van der Waals surface area contributed by atoms with Crippen molar-refractivity contribution in [2.75, 3.05) is 26.2 Å². The third-order valence-corrected chi connectivity index (χ3v) is 5.61. The van der Waals surface area contributed by atoms with Crippen LogP contribution in [0.1, 0.15) is 44.1 Å². The first kappa shape index (κ1) is 21.3. The molecule has 0 bridgehead atoms. The Labute approximate surface area is 174 Å². The minimum atomic E-state index is 0.461. The number of rotatable bonds is 9. The molecule has 7 nitrogen and oxygen atoms in total. The minimum Gasteiger partial charge on any atom is -0.357 e. The fourth-order valence-electron chi connectivity index (χ4n) is 3.90. The predicted molar refractivity (Wildman–Crippen MR) is 118 cm³/mol. The van der Waals surface area contributed by atoms with Gasteiger partial charge in [-0.05, 0) is 30.9 Å². The number of aromatic nitrogens is 3. The summed E-state index contributed by atoms with van der Waals surface area (Å²) in [6, 6.07) is 9.28. The van der Waals surface area contributed by atoms with Crippen LogP contribution in [0.2, 0.25) is 0 Å². The highest BCUT2D eigenvalue weighted by atomic mass is 15.3. The van der Waals surface area contributed by atoms with Gasteiger partial charge >= 0.3 is 0 Å². The van der Waals surface area contributed by atoms with Gasteiger partial charge < -0.3 is 15.2 Å². The highest BCUT2D eigenvalue weighted by Crippen LogP contribution is 2.21. The van der Waals surface area contributed by atoms with Crippen molar-refractivity contribution >= 4 is 5.96 Å². The van der Waals surface area contributed by atoms with Crippen molar-refractivity contribution in [1.82, 2.24) is 30.3 Å². The second-order valence-electron chi connectivity index (χ2n) is 7.49. The van der Waals surface area contributed by atoms with Gasteiger partial charge in [-0.1, -0.05) is 38.1 Å². The molecule has 1 unspecified atom stereocenters. The topological polar surface area (TPSA) is 70.4 Å². The lowest BCUT2D eigenvalue weighted by Gasteiger charge is -2.34. The Bertz CT molecular complexity index is 783. The molecule has 3 rings (SSSR count). The number of aryl methyl sites for hydroxylation is 1. The Balaban J connectivity index is 1.55. The molecule has 2 N–H and O–H groups in total. The van der Waals surface area contributed by atoms with Crippen LogP contribution < -0.4 is 10.6 Å². The molecule has 1 aromatic carbocycles. The van der Waals surface area contributed by atoms with Crippen molar-refractivity contribution in [3.8, 4) is 0 Å². The maximum Gasteiger partial charge on any atom is 0.191 e. The van der Waals surface area contributed by atoms with Crippen LogP contribution in [0.3, 0.4) is 0 Å². The smallest absolute Gasteiger partial charge is 0.191 e. The van der Waals surface area contributed by atoms with E-state index >= 15 is 0 Å². The molecule has 0 aliphatic carbocycles. The van der Waals surface area contributed by atoms with E-state index in [0.717, 1.165) is 70.3 Å². The summed E-state index contributed by atoms with van der Waals surface area (Å²) in [5.41, 5.74) is 2.96. The van der Waals surface area contributed by atoms with Crippen LogP contribution in [0.25, 0.3) is 0 Å². The van der Waals surface area contributed by atoms with E-state index in [1.165, 1.54) is 11.1 Å². The summed E-state index contributed by atoms with van der Waals surface area (Å²) in [6.45, 7) is 11.9. The van der Waals surface area contributed by atoms with Crippen molar-refractivity contribution in [2.45, 2.75) is 59.2 Å². The third-order valence-electron chi connectivity index (χ3n) is 5.61. The van der Waals surface area contributed by atoms with E-state index in [0.29, 0.717) is 6.04 Å². The van der Waals surface area contributed by atoms with Gasteiger partial charge in [0.1, 0.15) is 12.2 Å². The van der Waals surface area contributed by atoms with Gasteiger partial charge in [-0.2, -0.15) is 0 Å². The molecular formula is C22H35N7. The van der Waals surface area contributed by atoms with Crippen LogP contribution in [-0.2, 0) is 25.9 Å². The van der Waals surface area contributed by atoms with Crippen molar-refractivity contribution in [3.05, 3.63) is 47.5 Å². The highest BCUT2D eigenvalue weighted by Gasteiger charge is 2.22. The first-order valence-electron chi connectivity index (χ1n) is 10.9. The highest BCUT2D eigenvalue weighted by molar-refractivity contribution is 5.79. The molecule has 2 aromatic rings. The van der Waals surface area contributed by atoms with E-state index < -0.39 is 0 Å². The summed E-state index contributed by atoms with van der Waals surface area (Å²) < 4.78 is 2.09. The van der Waals surface area contributed by atoms with Crippen molar-refractivity contribution in [2.24, 2.45) is 4.99 Å². The summed E-state index contributed by atoms with van der Waals surface area (Å²) in [7, 11) is 0. The molecule has 0 amide bonds. The lowest BCUT2D eigenvalue weighted by atomic mass is 9.98. The van der Waals surface area contributed by atoms with Crippen LogP contribution in [-0.4, -0.2) is 57.8 Å². The number of guanidine groups is 1. The number of hydrogen-bond donors (Lipinski definition) is 2. The van der Waals surface area contributed by atoms with Crippen LogP contribution in [0.15, 0.2) is 35.6 Å². The Morgan fingerprint density at radius 1 is 1.17 bits per heavy atom. The second kappa shape index (κ2) is 11.0. The lowest BCUT2D eigenvalue weighted by Crippen LogP contribution is -2.43. The Morgan fingerprint density at radius 2 is 2.00 bits per heavy atom. The summed E-state index contributed by atoms with van der Waals surface area (Å²) in [6.07, 6.45) is 4.93. The number of benzene rings is 1. The molecule has 29 heavy (non-hydrogen) atoms. The van der Waals surface area contributed by atoms with E-state index in [1.54, 1.807) is 6.33 Å². The van der Waals surface area contributed by atoms with Crippen LogP contribution in [0.5, 0.6) is 0 Å². The molecule has 1 atom stereocenters. The maximum atomic E-state index is 4.89. The molecule has 0 radical (unpaired) electrons. The van der Waals surface area contributed by atoms with E-state index in [2.05, 4.69) is 75.3 Å². The van der Waals surface area contributed by atoms with Gasteiger partial charge in [0.15, 0.2) is 5.96 Å². The van der Waals surface area contributed by atoms with Crippen LogP contribution in [0.4, 0.5) is 0 Å². The summed E-state index contributed by atoms with van der Waals surface area (Å²) in [5, 5.41) is 15.0. The van der Waals surface area contributed by atoms with Crippen molar-refractivity contribution < 1.29 is 0 Å². The van der Waals surface area contributed by atoms with Gasteiger partial charge in [0.05, 0.1) is 6.54 Å². The Morgan fingerprint density at radius 3 is 2.76 bits per heavy atom. The first-order valence-corrected chi connectivity index (χ1v) is 10.9. The van der Waals surface area contributed by atoms with Crippen molar-refractivity contribution in [1.29, 1.82) is 0 Å². The Kier molecular flexibility index (Phi) is 8.04. The molecule has 0 spiro atoms. The number of fused-ring (bicyclic) bond motifs is 1. The molecule has 2 heterocycles. The van der Waals surface area contributed by atoms with Crippen LogP contribution >= 0.6 is 0 Å². The van der Waals surface area contributed by atoms with Gasteiger partial charge in [-0.15, -0.1) is 10.2 Å². The summed E-state index contributed by atoms with van der Waals surface area (Å²) in [5.74, 6) is 1.90. The fraction of sp³-hybridized carbons (Fsp3) is 0.591. The molecule has 0 saturated carbocycles. The molecule has 7 heteroatoms. The monoisotopic (exact) mass is 397 g/mol. The first-order chi connectivity index (χ1) is 14.2. The molecule has 1 aromatic heterocycles. The lowest BCUT2D eigenvalue weighted by molar-refractivity contribution is 0.178. The van der Waals surface area contributed by atoms with E-state index in [4.69, 9.17) is 4.99 Å². The number of nitrogens with zero attached hydrogens (tertiary/aromatic N) is 5. The zero-order valence-corrected chi connectivity index (χ0v) is 18.1. The molecule has 0 saturated heterocycles. The second-order valence-corrected chi connectivity index (χ2v) is 7.49. The zero-order chi connectivity index (χ0) is 20.5. The molecular weight excluding hydrogens is 362 g/mol. The molecule has 158 valence electrons. The van der Waals surface area contributed by atoms with Crippen molar-refractivity contribution in [3.63, 3.8) is 0 Å². The quantitative estimate of drug-likeness (QED) is 0.502. The normalized spacial score (nSPS) is 15.8. The molecule has 0 fully saturated rings. The molecule has 1 aliphatic heterocycles. The third kappa shape index (κ3) is 5.79. The summed E-state index contributed by atoms with van der Waals surface area (Å²) in [4.78, 5) is 7.47. The Hall–Kier alpha value is -2.41. The predicted octanol–water partition coefficient (Wildman–Crippen LogP) is 2.23. The number of nitrogens with one attached hydrogen (secondary N) is 2. The van der Waals surface area contributed by atoms with E-state index in [1.807, 2.05) is 0 Å². The van der Waals surface area contributed by atoms with Gasteiger partial charge in [0.2, 0.25) is 0 Å². The zero-order valence-electron chi connectivity index (χ0n) is 18.1. The largest absolute Gasteiger partial charge is 0.357 e. The average Bonchev–Trinajstić information content (AvgIpc) is 3.21. The minimum absolute atomic E-state index is 0.461. The summed E-state index contributed by atoms with van der Waals surface area (Å²) >= 11 is 0. The maximum absolute atomic E-state index is 4.89.